The quantitative estimate of drug-likeness (QED) is 0.156. The molecule has 9 nitrogen and oxygen atoms in total. The van der Waals surface area contributed by atoms with E-state index in [2.05, 4.69) is 15.3 Å². The van der Waals surface area contributed by atoms with Gasteiger partial charge in [0.1, 0.15) is 6.61 Å². The summed E-state index contributed by atoms with van der Waals surface area (Å²) < 4.78 is 9.98. The van der Waals surface area contributed by atoms with Crippen molar-refractivity contribution in [1.29, 1.82) is 0 Å². The number of aliphatic hydroxyl groups is 2. The van der Waals surface area contributed by atoms with Crippen molar-refractivity contribution in [1.82, 2.24) is 9.97 Å². The molecule has 1 heterocycles. The summed E-state index contributed by atoms with van der Waals surface area (Å²) >= 11 is 0. The van der Waals surface area contributed by atoms with E-state index in [1.807, 2.05) is 24.3 Å². The van der Waals surface area contributed by atoms with Gasteiger partial charge in [0.15, 0.2) is 5.78 Å². The Hall–Kier alpha value is -4.18. The maximum Gasteiger partial charge on any atom is 0.338 e. The van der Waals surface area contributed by atoms with Crippen molar-refractivity contribution in [3.63, 3.8) is 0 Å². The highest BCUT2D eigenvalue weighted by atomic mass is 16.6. The van der Waals surface area contributed by atoms with Crippen LogP contribution in [0.1, 0.15) is 37.4 Å². The molecule has 4 rings (SSSR count). The van der Waals surface area contributed by atoms with Crippen LogP contribution in [-0.4, -0.2) is 59.3 Å². The van der Waals surface area contributed by atoms with Gasteiger partial charge >= 0.3 is 5.97 Å². The highest BCUT2D eigenvalue weighted by Gasteiger charge is 2.15. The number of benzene rings is 3. The number of aliphatic hydroxyl groups excluding tert-OH is 2. The van der Waals surface area contributed by atoms with Gasteiger partial charge < -0.3 is 25.0 Å². The number of methoxy groups -OCH3 is 1. The van der Waals surface area contributed by atoms with Crippen LogP contribution in [0, 0.1) is 0 Å². The van der Waals surface area contributed by atoms with E-state index in [9.17, 15) is 19.8 Å². The molecule has 9 heteroatoms. The van der Waals surface area contributed by atoms with Crippen LogP contribution in [0.4, 0.5) is 5.95 Å². The van der Waals surface area contributed by atoms with Gasteiger partial charge in [-0.05, 0) is 47.0 Å². The van der Waals surface area contributed by atoms with Gasteiger partial charge in [0.2, 0.25) is 5.95 Å². The van der Waals surface area contributed by atoms with Crippen molar-refractivity contribution >= 4 is 28.6 Å². The fourth-order valence-corrected chi connectivity index (χ4v) is 4.10. The number of hydrogen-bond donors (Lipinski definition) is 3. The molecule has 0 unspecified atom stereocenters. The Balaban J connectivity index is 1.60. The maximum absolute atomic E-state index is 13.0. The summed E-state index contributed by atoms with van der Waals surface area (Å²) in [6, 6.07) is 17.4. The number of nitrogens with one attached hydrogen (secondary N) is 1. The minimum absolute atomic E-state index is 0.0972. The summed E-state index contributed by atoms with van der Waals surface area (Å²) in [7, 11) is 3.25. The van der Waals surface area contributed by atoms with Crippen molar-refractivity contribution in [2.75, 3.05) is 32.7 Å². The first-order valence-electron chi connectivity index (χ1n) is 12.1. The van der Waals surface area contributed by atoms with Crippen molar-refractivity contribution < 1.29 is 29.3 Å². The average Bonchev–Trinajstić information content (AvgIpc) is 2.96. The fraction of sp³-hybridized carbons (Fsp3) is 0.241. The molecule has 4 aromatic rings. The van der Waals surface area contributed by atoms with E-state index in [0.717, 1.165) is 16.5 Å². The van der Waals surface area contributed by atoms with Gasteiger partial charge in [0.05, 0.1) is 36.6 Å². The van der Waals surface area contributed by atoms with Gasteiger partial charge in [0, 0.05) is 37.1 Å². The number of ketones is 1. The minimum atomic E-state index is -0.470. The summed E-state index contributed by atoms with van der Waals surface area (Å²) in [5, 5.41) is 23.2. The monoisotopic (exact) mass is 515 g/mol. The Morgan fingerprint density at radius 3 is 2.29 bits per heavy atom. The lowest BCUT2D eigenvalue weighted by molar-refractivity contribution is 0.0388. The number of fused-ring (bicyclic) bond motifs is 1. The number of aromatic nitrogens is 2. The summed E-state index contributed by atoms with van der Waals surface area (Å²) in [5.74, 6) is -0.155. The summed E-state index contributed by atoms with van der Waals surface area (Å²) in [4.78, 5) is 34.2. The summed E-state index contributed by atoms with van der Waals surface area (Å²) in [6.45, 7) is 0.0351. The Bertz CT molecular complexity index is 1450. The Kier molecular flexibility index (Phi) is 8.75. The number of rotatable bonds is 11. The first-order chi connectivity index (χ1) is 18.5. The highest BCUT2D eigenvalue weighted by molar-refractivity contribution is 5.99. The molecule has 1 aromatic heterocycles. The second kappa shape index (κ2) is 12.4. The minimum Gasteiger partial charge on any atom is -0.460 e. The average molecular weight is 516 g/mol. The number of Topliss-reactive ketones (excluding diaryl/α,β-unsaturated/α-hetero) is 1. The number of nitrogens with zero attached hydrogens (tertiary/aromatic N) is 2. The third-order valence-corrected chi connectivity index (χ3v) is 6.11. The molecule has 0 saturated heterocycles. The van der Waals surface area contributed by atoms with Crippen LogP contribution < -0.4 is 5.32 Å². The number of carbonyl (C=O) groups is 2. The van der Waals surface area contributed by atoms with Gasteiger partial charge in [-0.25, -0.2) is 14.8 Å². The van der Waals surface area contributed by atoms with Crippen molar-refractivity contribution in [3.05, 3.63) is 88.5 Å². The molecule has 0 amide bonds. The molecule has 196 valence electrons. The van der Waals surface area contributed by atoms with E-state index in [0.29, 0.717) is 46.0 Å². The predicted octanol–water partition coefficient (Wildman–Crippen LogP) is 3.55. The van der Waals surface area contributed by atoms with Gasteiger partial charge in [-0.15, -0.1) is 0 Å². The molecule has 3 aromatic carbocycles. The van der Waals surface area contributed by atoms with E-state index < -0.39 is 5.97 Å². The number of carbonyl (C=O) groups excluding carboxylic acids is 2. The molecule has 0 saturated carbocycles. The van der Waals surface area contributed by atoms with E-state index >= 15 is 0 Å². The lowest BCUT2D eigenvalue weighted by Crippen LogP contribution is -2.10. The molecular formula is C29H29N3O6. The van der Waals surface area contributed by atoms with Crippen LogP contribution in [0.3, 0.4) is 0 Å². The van der Waals surface area contributed by atoms with Crippen LogP contribution in [0.25, 0.3) is 22.2 Å². The first kappa shape index (κ1) is 26.9. The zero-order valence-electron chi connectivity index (χ0n) is 21.2. The summed E-state index contributed by atoms with van der Waals surface area (Å²) in [5.41, 5.74) is 4.89. The van der Waals surface area contributed by atoms with Gasteiger partial charge in [-0.2, -0.15) is 0 Å². The number of hydrogen-bond acceptors (Lipinski definition) is 9. The highest BCUT2D eigenvalue weighted by Crippen LogP contribution is 2.30. The molecule has 0 radical (unpaired) electrons. The zero-order chi connectivity index (χ0) is 27.1. The molecule has 0 aliphatic heterocycles. The van der Waals surface area contributed by atoms with Crippen molar-refractivity contribution in [2.45, 2.75) is 19.6 Å². The normalized spacial score (nSPS) is 10.9. The Morgan fingerprint density at radius 2 is 1.61 bits per heavy atom. The van der Waals surface area contributed by atoms with Crippen LogP contribution in [-0.2, 0) is 29.1 Å². The molecule has 38 heavy (non-hydrogen) atoms. The molecule has 0 fully saturated rings. The van der Waals surface area contributed by atoms with E-state index in [1.54, 1.807) is 43.4 Å². The summed E-state index contributed by atoms with van der Waals surface area (Å²) in [6.07, 6.45) is 0.157. The third-order valence-electron chi connectivity index (χ3n) is 6.11. The lowest BCUT2D eigenvalue weighted by atomic mass is 9.97. The van der Waals surface area contributed by atoms with Crippen LogP contribution in [0.15, 0.2) is 60.7 Å². The van der Waals surface area contributed by atoms with Gasteiger partial charge in [-0.3, -0.25) is 4.79 Å². The second-order valence-electron chi connectivity index (χ2n) is 8.61. The molecule has 0 spiro atoms. The number of esters is 1. The molecule has 3 N–H and O–H groups in total. The molecule has 0 aliphatic carbocycles. The van der Waals surface area contributed by atoms with Crippen molar-refractivity contribution in [3.8, 4) is 11.3 Å². The van der Waals surface area contributed by atoms with Gasteiger partial charge in [0.25, 0.3) is 0 Å². The lowest BCUT2D eigenvalue weighted by Gasteiger charge is -2.13. The van der Waals surface area contributed by atoms with E-state index in [1.165, 1.54) is 7.11 Å². The third kappa shape index (κ3) is 6.03. The number of anilines is 1. The van der Waals surface area contributed by atoms with Crippen LogP contribution in [0.5, 0.6) is 0 Å². The van der Waals surface area contributed by atoms with Crippen LogP contribution >= 0.6 is 0 Å². The van der Waals surface area contributed by atoms with E-state index in [4.69, 9.17) is 9.47 Å². The smallest absolute Gasteiger partial charge is 0.338 e. The van der Waals surface area contributed by atoms with Crippen LogP contribution in [0.2, 0.25) is 0 Å². The molecule has 0 atom stereocenters. The standard InChI is InChI=1S/C29H29N3O6/c1-30-29-31-25-15-23(17-34)22(16-33)14-24(25)27(32-29)21-5-3-4-18(12-21)13-26(35)19-6-8-20(9-7-19)28(36)38-11-10-37-2/h3-9,12,14-15,33-34H,10-11,13,16-17H2,1-2H3,(H,30,31,32). The predicted molar refractivity (Wildman–Crippen MR) is 143 cm³/mol. The maximum atomic E-state index is 13.0. The molecule has 0 aliphatic rings. The first-order valence-corrected chi connectivity index (χ1v) is 12.1. The molecular weight excluding hydrogens is 486 g/mol. The SMILES string of the molecule is CNc1nc(-c2cccc(CC(=O)c3ccc(C(=O)OCCOC)cc3)c2)c2cc(CO)c(CO)cc2n1. The Morgan fingerprint density at radius 1 is 0.895 bits per heavy atom. The van der Waals surface area contributed by atoms with E-state index in [-0.39, 0.29) is 32.0 Å². The zero-order valence-corrected chi connectivity index (χ0v) is 21.2. The van der Waals surface area contributed by atoms with Gasteiger partial charge in [-0.1, -0.05) is 30.3 Å². The second-order valence-corrected chi connectivity index (χ2v) is 8.61. The van der Waals surface area contributed by atoms with Crippen molar-refractivity contribution in [2.24, 2.45) is 0 Å². The number of ether oxygens (including phenoxy) is 2. The Labute approximate surface area is 220 Å². The fourth-order valence-electron chi connectivity index (χ4n) is 4.10. The topological polar surface area (TPSA) is 131 Å². The molecule has 0 bridgehead atoms. The largest absolute Gasteiger partial charge is 0.460 e.